The normalized spacial score (nSPS) is 15.5. The van der Waals surface area contributed by atoms with Crippen LogP contribution in [0.2, 0.25) is 0 Å². The van der Waals surface area contributed by atoms with E-state index in [0.29, 0.717) is 17.4 Å². The van der Waals surface area contributed by atoms with Gasteiger partial charge in [0.05, 0.1) is 29.1 Å². The molecule has 7 nitrogen and oxygen atoms in total. The molecule has 160 valence electrons. The van der Waals surface area contributed by atoms with Crippen molar-refractivity contribution < 1.29 is 13.2 Å². The number of fused-ring (bicyclic) bond motifs is 1. The van der Waals surface area contributed by atoms with Crippen molar-refractivity contribution in [2.24, 2.45) is 0 Å². The fourth-order valence-corrected chi connectivity index (χ4v) is 4.61. The SMILES string of the molecule is CCS(=O)(=O)c1ccc(-c2cn3nc(OCCCN4CCCCC4)ccc3n2)cc1. The highest BCUT2D eigenvalue weighted by Crippen LogP contribution is 2.22. The van der Waals surface area contributed by atoms with E-state index in [9.17, 15) is 8.42 Å². The average molecular weight is 429 g/mol. The Bertz CT molecular complexity index is 1090. The third kappa shape index (κ3) is 4.82. The summed E-state index contributed by atoms with van der Waals surface area (Å²) < 4.78 is 31.5. The van der Waals surface area contributed by atoms with E-state index in [1.54, 1.807) is 35.7 Å². The minimum atomic E-state index is -3.20. The van der Waals surface area contributed by atoms with Crippen LogP contribution in [0.15, 0.2) is 47.5 Å². The molecule has 8 heteroatoms. The molecule has 0 unspecified atom stereocenters. The van der Waals surface area contributed by atoms with Crippen molar-refractivity contribution in [3.05, 3.63) is 42.6 Å². The molecule has 1 aliphatic heterocycles. The van der Waals surface area contributed by atoms with Crippen molar-refractivity contribution in [1.29, 1.82) is 0 Å². The fourth-order valence-electron chi connectivity index (χ4n) is 3.73. The highest BCUT2D eigenvalue weighted by Gasteiger charge is 2.13. The van der Waals surface area contributed by atoms with E-state index in [-0.39, 0.29) is 5.75 Å². The zero-order chi connectivity index (χ0) is 21.0. The molecular weight excluding hydrogens is 400 g/mol. The monoisotopic (exact) mass is 428 g/mol. The molecular formula is C22H28N4O3S. The number of piperidine rings is 1. The fraction of sp³-hybridized carbons (Fsp3) is 0.455. The number of nitrogens with zero attached hydrogens (tertiary/aromatic N) is 4. The molecule has 0 amide bonds. The summed E-state index contributed by atoms with van der Waals surface area (Å²) in [6, 6.07) is 10.5. The molecule has 1 fully saturated rings. The lowest BCUT2D eigenvalue weighted by Gasteiger charge is -2.26. The van der Waals surface area contributed by atoms with E-state index in [0.717, 1.165) is 29.9 Å². The predicted octanol–water partition coefficient (Wildman–Crippen LogP) is 3.44. The quantitative estimate of drug-likeness (QED) is 0.512. The summed E-state index contributed by atoms with van der Waals surface area (Å²) in [6.07, 6.45) is 6.78. The van der Waals surface area contributed by atoms with Gasteiger partial charge in [0.15, 0.2) is 15.5 Å². The second-order valence-corrected chi connectivity index (χ2v) is 9.91. The number of rotatable bonds is 8. The van der Waals surface area contributed by atoms with Crippen molar-refractivity contribution in [2.75, 3.05) is 32.0 Å². The van der Waals surface area contributed by atoms with Crippen molar-refractivity contribution in [2.45, 2.75) is 37.5 Å². The minimum absolute atomic E-state index is 0.0887. The minimum Gasteiger partial charge on any atom is -0.477 e. The Balaban J connectivity index is 1.39. The smallest absolute Gasteiger partial charge is 0.231 e. The number of imidazole rings is 1. The topological polar surface area (TPSA) is 76.8 Å². The van der Waals surface area contributed by atoms with Gasteiger partial charge in [-0.15, -0.1) is 5.10 Å². The lowest BCUT2D eigenvalue weighted by molar-refractivity contribution is 0.202. The molecule has 0 bridgehead atoms. The van der Waals surface area contributed by atoms with Gasteiger partial charge in [-0.1, -0.05) is 25.5 Å². The first kappa shape index (κ1) is 20.8. The molecule has 0 saturated carbocycles. The predicted molar refractivity (Wildman–Crippen MR) is 117 cm³/mol. The van der Waals surface area contributed by atoms with E-state index in [2.05, 4.69) is 15.0 Å². The molecule has 0 aliphatic carbocycles. The van der Waals surface area contributed by atoms with E-state index in [1.807, 2.05) is 18.3 Å². The zero-order valence-corrected chi connectivity index (χ0v) is 18.1. The Hall–Kier alpha value is -2.45. The van der Waals surface area contributed by atoms with Crippen LogP contribution in [0.3, 0.4) is 0 Å². The van der Waals surface area contributed by atoms with Crippen molar-refractivity contribution in [3.8, 4) is 17.1 Å². The zero-order valence-electron chi connectivity index (χ0n) is 17.3. The van der Waals surface area contributed by atoms with Crippen molar-refractivity contribution >= 4 is 15.5 Å². The first-order chi connectivity index (χ1) is 14.5. The van der Waals surface area contributed by atoms with Crippen LogP contribution in [-0.2, 0) is 9.84 Å². The van der Waals surface area contributed by atoms with E-state index in [4.69, 9.17) is 4.74 Å². The Morgan fingerprint density at radius 1 is 1.03 bits per heavy atom. The summed E-state index contributed by atoms with van der Waals surface area (Å²) >= 11 is 0. The van der Waals surface area contributed by atoms with Crippen molar-refractivity contribution in [1.82, 2.24) is 19.5 Å². The number of ether oxygens (including phenoxy) is 1. The van der Waals surface area contributed by atoms with Gasteiger partial charge in [0.2, 0.25) is 5.88 Å². The third-order valence-corrected chi connectivity index (χ3v) is 7.25. The number of hydrogen-bond donors (Lipinski definition) is 0. The maximum Gasteiger partial charge on any atom is 0.231 e. The number of sulfone groups is 1. The Morgan fingerprint density at radius 3 is 2.53 bits per heavy atom. The Morgan fingerprint density at radius 2 is 1.80 bits per heavy atom. The van der Waals surface area contributed by atoms with E-state index in [1.165, 1.54) is 32.4 Å². The highest BCUT2D eigenvalue weighted by molar-refractivity contribution is 7.91. The first-order valence-corrected chi connectivity index (χ1v) is 12.3. The summed E-state index contributed by atoms with van der Waals surface area (Å²) in [5.41, 5.74) is 2.31. The van der Waals surface area contributed by atoms with Gasteiger partial charge >= 0.3 is 0 Å². The van der Waals surface area contributed by atoms with Crippen LogP contribution < -0.4 is 4.74 Å². The molecule has 0 radical (unpaired) electrons. The summed E-state index contributed by atoms with van der Waals surface area (Å²) in [5, 5.41) is 4.50. The number of benzene rings is 1. The summed E-state index contributed by atoms with van der Waals surface area (Å²) in [6.45, 7) is 5.76. The van der Waals surface area contributed by atoms with Gasteiger partial charge in [0.25, 0.3) is 0 Å². The summed E-state index contributed by atoms with van der Waals surface area (Å²) in [7, 11) is -3.20. The van der Waals surface area contributed by atoms with Gasteiger partial charge in [0, 0.05) is 18.2 Å². The third-order valence-electron chi connectivity index (χ3n) is 5.50. The lowest BCUT2D eigenvalue weighted by Crippen LogP contribution is -2.31. The second-order valence-electron chi connectivity index (χ2n) is 7.63. The molecule has 1 aliphatic rings. The number of aromatic nitrogens is 3. The van der Waals surface area contributed by atoms with Crippen LogP contribution in [0.4, 0.5) is 0 Å². The lowest BCUT2D eigenvalue weighted by atomic mass is 10.1. The summed E-state index contributed by atoms with van der Waals surface area (Å²) in [5.74, 6) is 0.667. The van der Waals surface area contributed by atoms with Gasteiger partial charge in [-0.2, -0.15) is 0 Å². The molecule has 3 aromatic rings. The molecule has 0 spiro atoms. The average Bonchev–Trinajstić information content (AvgIpc) is 3.21. The van der Waals surface area contributed by atoms with Crippen LogP contribution in [-0.4, -0.2) is 59.9 Å². The van der Waals surface area contributed by atoms with E-state index >= 15 is 0 Å². The summed E-state index contributed by atoms with van der Waals surface area (Å²) in [4.78, 5) is 7.41. The molecule has 0 N–H and O–H groups in total. The molecule has 3 heterocycles. The van der Waals surface area contributed by atoms with Crippen LogP contribution in [0.25, 0.3) is 16.9 Å². The molecule has 4 rings (SSSR count). The Kier molecular flexibility index (Phi) is 6.34. The first-order valence-electron chi connectivity index (χ1n) is 10.6. The van der Waals surface area contributed by atoms with Gasteiger partial charge in [-0.3, -0.25) is 0 Å². The van der Waals surface area contributed by atoms with Gasteiger partial charge in [-0.05, 0) is 50.6 Å². The van der Waals surface area contributed by atoms with Crippen LogP contribution in [0, 0.1) is 0 Å². The molecule has 0 atom stereocenters. The van der Waals surface area contributed by atoms with Gasteiger partial charge in [-0.25, -0.2) is 17.9 Å². The van der Waals surface area contributed by atoms with Crippen molar-refractivity contribution in [3.63, 3.8) is 0 Å². The molecule has 2 aromatic heterocycles. The maximum absolute atomic E-state index is 12.0. The molecule has 1 aromatic carbocycles. The van der Waals surface area contributed by atoms with Gasteiger partial charge in [0.1, 0.15) is 0 Å². The molecule has 30 heavy (non-hydrogen) atoms. The maximum atomic E-state index is 12.0. The molecule has 1 saturated heterocycles. The van der Waals surface area contributed by atoms with Crippen LogP contribution >= 0.6 is 0 Å². The van der Waals surface area contributed by atoms with Crippen LogP contribution in [0.1, 0.15) is 32.6 Å². The second kappa shape index (κ2) is 9.14. The van der Waals surface area contributed by atoms with E-state index < -0.39 is 9.84 Å². The standard InChI is InChI=1S/C22H28N4O3S/c1-2-30(27,28)19-9-7-18(8-10-19)20-17-26-21(23-20)11-12-22(24-26)29-16-6-15-25-13-4-3-5-14-25/h7-12,17H,2-6,13-16H2,1H3. The Labute approximate surface area is 177 Å². The van der Waals surface area contributed by atoms with Crippen LogP contribution in [0.5, 0.6) is 5.88 Å². The number of likely N-dealkylation sites (tertiary alicyclic amines) is 1. The number of hydrogen-bond acceptors (Lipinski definition) is 6. The highest BCUT2D eigenvalue weighted by atomic mass is 32.2. The van der Waals surface area contributed by atoms with Gasteiger partial charge < -0.3 is 9.64 Å². The largest absolute Gasteiger partial charge is 0.477 e.